The summed E-state index contributed by atoms with van der Waals surface area (Å²) in [4.78, 5) is 38.1. The van der Waals surface area contributed by atoms with Crippen molar-refractivity contribution in [3.63, 3.8) is 0 Å². The number of nitro benzene ring substituents is 1. The highest BCUT2D eigenvalue weighted by atomic mass is 32.2. The van der Waals surface area contributed by atoms with Gasteiger partial charge in [0.25, 0.3) is 5.69 Å². The normalized spacial score (nSPS) is 12.8. The zero-order valence-electron chi connectivity index (χ0n) is 21.3. The zero-order valence-corrected chi connectivity index (χ0v) is 22.1. The summed E-state index contributed by atoms with van der Waals surface area (Å²) in [6, 6.07) is 7.76. The van der Waals surface area contributed by atoms with E-state index in [1.165, 1.54) is 38.3 Å². The molecule has 11 nitrogen and oxygen atoms in total. The number of methoxy groups -OCH3 is 1. The number of nitrogens with zero attached hydrogens (tertiary/aromatic N) is 3. The first-order chi connectivity index (χ1) is 17.3. The highest BCUT2D eigenvalue weighted by Crippen LogP contribution is 2.34. The molecular weight excluding hydrogens is 507 g/mol. The van der Waals surface area contributed by atoms with Gasteiger partial charge in [-0.3, -0.25) is 24.0 Å². The van der Waals surface area contributed by atoms with Gasteiger partial charge in [-0.05, 0) is 32.4 Å². The molecule has 2 atom stereocenters. The van der Waals surface area contributed by atoms with E-state index in [0.717, 1.165) is 23.3 Å². The number of rotatable bonds is 12. The van der Waals surface area contributed by atoms with Gasteiger partial charge in [0.15, 0.2) is 0 Å². The Labute approximate surface area is 215 Å². The van der Waals surface area contributed by atoms with Crippen molar-refractivity contribution < 1.29 is 32.1 Å². The molecule has 0 spiro atoms. The summed E-state index contributed by atoms with van der Waals surface area (Å²) in [5.74, 6) is -1.95. The summed E-state index contributed by atoms with van der Waals surface area (Å²) >= 11 is 0. The van der Waals surface area contributed by atoms with E-state index in [1.54, 1.807) is 13.0 Å². The van der Waals surface area contributed by atoms with E-state index in [2.05, 4.69) is 5.32 Å². The molecule has 0 aliphatic rings. The van der Waals surface area contributed by atoms with Crippen LogP contribution < -0.4 is 14.4 Å². The number of ether oxygens (including phenoxy) is 1. The van der Waals surface area contributed by atoms with Gasteiger partial charge in [0.2, 0.25) is 21.8 Å². The lowest BCUT2D eigenvalue weighted by Crippen LogP contribution is -2.52. The van der Waals surface area contributed by atoms with Gasteiger partial charge in [0, 0.05) is 30.3 Å². The number of carbonyl (C=O) groups excluding carboxylic acids is 2. The van der Waals surface area contributed by atoms with Crippen LogP contribution in [0.3, 0.4) is 0 Å². The molecule has 0 radical (unpaired) electrons. The fourth-order valence-corrected chi connectivity index (χ4v) is 4.28. The highest BCUT2D eigenvalue weighted by Gasteiger charge is 2.32. The summed E-state index contributed by atoms with van der Waals surface area (Å²) in [5.41, 5.74) is -0.519. The van der Waals surface area contributed by atoms with Crippen LogP contribution in [0.1, 0.15) is 32.8 Å². The average molecular weight is 539 g/mol. The maximum atomic E-state index is 14.5. The van der Waals surface area contributed by atoms with Gasteiger partial charge in [0.05, 0.1) is 18.3 Å². The second-order valence-electron chi connectivity index (χ2n) is 8.49. The van der Waals surface area contributed by atoms with Crippen LogP contribution in [0.4, 0.5) is 15.8 Å². The van der Waals surface area contributed by atoms with E-state index in [4.69, 9.17) is 4.74 Å². The molecule has 2 aromatic rings. The minimum Gasteiger partial charge on any atom is -0.495 e. The van der Waals surface area contributed by atoms with Crippen molar-refractivity contribution in [3.05, 3.63) is 64.0 Å². The third-order valence-corrected chi connectivity index (χ3v) is 6.91. The molecule has 2 amide bonds. The average Bonchev–Trinajstić information content (AvgIpc) is 2.84. The first-order valence-electron chi connectivity index (χ1n) is 11.4. The summed E-state index contributed by atoms with van der Waals surface area (Å²) < 4.78 is 45.8. The fourth-order valence-electron chi connectivity index (χ4n) is 3.44. The number of non-ortho nitro benzene ring substituents is 1. The maximum absolute atomic E-state index is 14.5. The van der Waals surface area contributed by atoms with Gasteiger partial charge in [-0.1, -0.05) is 25.1 Å². The number of hydrogen-bond donors (Lipinski definition) is 1. The number of hydrogen-bond acceptors (Lipinski definition) is 7. The maximum Gasteiger partial charge on any atom is 0.271 e. The lowest BCUT2D eigenvalue weighted by atomic mass is 10.1. The zero-order chi connectivity index (χ0) is 27.9. The van der Waals surface area contributed by atoms with Crippen molar-refractivity contribution in [1.29, 1.82) is 0 Å². The summed E-state index contributed by atoms with van der Waals surface area (Å²) in [6.07, 6.45) is 1.47. The SMILES string of the molecule is CC[C@@H](C)NC(=O)[C@@H](C)N(Cc1ccccc1F)C(=O)CN(c1cc([N+](=O)[O-])ccc1OC)S(C)(=O)=O. The van der Waals surface area contributed by atoms with Crippen LogP contribution in [0.15, 0.2) is 42.5 Å². The number of nitrogens with one attached hydrogen (secondary N) is 1. The van der Waals surface area contributed by atoms with E-state index >= 15 is 0 Å². The minimum atomic E-state index is -4.16. The Balaban J connectivity index is 2.53. The predicted octanol–water partition coefficient (Wildman–Crippen LogP) is 2.84. The number of anilines is 1. The van der Waals surface area contributed by atoms with E-state index in [1.807, 2.05) is 6.92 Å². The van der Waals surface area contributed by atoms with Gasteiger partial charge in [0.1, 0.15) is 29.8 Å². The molecule has 0 heterocycles. The van der Waals surface area contributed by atoms with E-state index in [9.17, 15) is 32.5 Å². The Hall–Kier alpha value is -3.74. The van der Waals surface area contributed by atoms with Crippen molar-refractivity contribution in [1.82, 2.24) is 10.2 Å². The third-order valence-electron chi connectivity index (χ3n) is 5.79. The Bertz CT molecular complexity index is 1260. The van der Waals surface area contributed by atoms with Crippen molar-refractivity contribution in [2.75, 3.05) is 24.2 Å². The van der Waals surface area contributed by atoms with Gasteiger partial charge in [-0.15, -0.1) is 0 Å². The van der Waals surface area contributed by atoms with Crippen LogP contribution >= 0.6 is 0 Å². The van der Waals surface area contributed by atoms with Crippen LogP contribution in [0.5, 0.6) is 5.75 Å². The first-order valence-corrected chi connectivity index (χ1v) is 13.3. The molecule has 0 bridgehead atoms. The molecular formula is C24H31FN4O7S. The van der Waals surface area contributed by atoms with Crippen LogP contribution in [-0.2, 0) is 26.2 Å². The molecule has 0 aromatic heterocycles. The van der Waals surface area contributed by atoms with Gasteiger partial charge in [-0.2, -0.15) is 0 Å². The van der Waals surface area contributed by atoms with Crippen LogP contribution in [0.25, 0.3) is 0 Å². The number of nitro groups is 1. The van der Waals surface area contributed by atoms with Gasteiger partial charge < -0.3 is 15.0 Å². The van der Waals surface area contributed by atoms with Crippen molar-refractivity contribution in [3.8, 4) is 5.75 Å². The molecule has 0 unspecified atom stereocenters. The van der Waals surface area contributed by atoms with Crippen LogP contribution in [0, 0.1) is 15.9 Å². The summed E-state index contributed by atoms with van der Waals surface area (Å²) in [5, 5.41) is 14.1. The minimum absolute atomic E-state index is 0.0213. The van der Waals surface area contributed by atoms with Crippen molar-refractivity contribution in [2.24, 2.45) is 0 Å². The number of carbonyl (C=O) groups is 2. The monoisotopic (exact) mass is 538 g/mol. The molecule has 0 saturated carbocycles. The summed E-state index contributed by atoms with van der Waals surface area (Å²) in [7, 11) is -2.91. The number of sulfonamides is 1. The molecule has 1 N–H and O–H groups in total. The largest absolute Gasteiger partial charge is 0.495 e. The van der Waals surface area contributed by atoms with Gasteiger partial charge in [-0.25, -0.2) is 12.8 Å². The topological polar surface area (TPSA) is 139 Å². The lowest BCUT2D eigenvalue weighted by Gasteiger charge is -2.32. The van der Waals surface area contributed by atoms with Crippen molar-refractivity contribution in [2.45, 2.75) is 45.8 Å². The predicted molar refractivity (Wildman–Crippen MR) is 136 cm³/mol. The quantitative estimate of drug-likeness (QED) is 0.324. The molecule has 0 fully saturated rings. The number of amides is 2. The molecule has 0 saturated heterocycles. The molecule has 2 rings (SSSR count). The smallest absolute Gasteiger partial charge is 0.271 e. The molecule has 202 valence electrons. The fraction of sp³-hybridized carbons (Fsp3) is 0.417. The van der Waals surface area contributed by atoms with E-state index in [0.29, 0.717) is 10.7 Å². The third kappa shape index (κ3) is 7.62. The second-order valence-corrected chi connectivity index (χ2v) is 10.4. The van der Waals surface area contributed by atoms with E-state index < -0.39 is 50.9 Å². The molecule has 0 aliphatic carbocycles. The Kier molecular flexibility index (Phi) is 9.95. The first kappa shape index (κ1) is 29.5. The highest BCUT2D eigenvalue weighted by molar-refractivity contribution is 7.92. The Morgan fingerprint density at radius 2 is 1.84 bits per heavy atom. The Morgan fingerprint density at radius 1 is 1.19 bits per heavy atom. The number of benzene rings is 2. The van der Waals surface area contributed by atoms with Crippen molar-refractivity contribution >= 4 is 33.2 Å². The number of halogens is 1. The molecule has 37 heavy (non-hydrogen) atoms. The van der Waals surface area contributed by atoms with Crippen LogP contribution in [0.2, 0.25) is 0 Å². The Morgan fingerprint density at radius 3 is 2.38 bits per heavy atom. The van der Waals surface area contributed by atoms with Gasteiger partial charge >= 0.3 is 0 Å². The molecule has 13 heteroatoms. The lowest BCUT2D eigenvalue weighted by molar-refractivity contribution is -0.384. The van der Waals surface area contributed by atoms with E-state index in [-0.39, 0.29) is 29.6 Å². The second kappa shape index (κ2) is 12.5. The molecule has 0 aliphatic heterocycles. The van der Waals surface area contributed by atoms with Crippen LogP contribution in [-0.4, -0.2) is 62.0 Å². The standard InChI is InChI=1S/C24H31FN4O7S/c1-6-16(2)26-24(31)17(3)27(14-18-9-7-8-10-20(18)25)23(30)15-28(37(5,34)35)21-13-19(29(32)33)11-12-22(21)36-4/h7-13,16-17H,6,14-15H2,1-5H3,(H,26,31)/t16-,17-/m1/s1. The molecule has 2 aromatic carbocycles. The summed E-state index contributed by atoms with van der Waals surface area (Å²) in [6.45, 7) is 3.98.